The molecule has 0 amide bonds. The average Bonchev–Trinajstić information content (AvgIpc) is 3.16. The van der Waals surface area contributed by atoms with Gasteiger partial charge in [-0.3, -0.25) is 13.9 Å². The van der Waals surface area contributed by atoms with Gasteiger partial charge in [-0.2, -0.15) is 4.98 Å². The van der Waals surface area contributed by atoms with Crippen LogP contribution in [0.3, 0.4) is 0 Å². The van der Waals surface area contributed by atoms with Gasteiger partial charge in [-0.05, 0) is 42.7 Å². The van der Waals surface area contributed by atoms with E-state index in [1.807, 2.05) is 60.0 Å². The summed E-state index contributed by atoms with van der Waals surface area (Å²) in [5.74, 6) is 0.957. The van der Waals surface area contributed by atoms with Crippen molar-refractivity contribution in [3.05, 3.63) is 85.5 Å². The first-order valence-corrected chi connectivity index (χ1v) is 11.0. The number of aryl methyl sites for hydroxylation is 2. The summed E-state index contributed by atoms with van der Waals surface area (Å²) < 4.78 is 4.72. The number of fused-ring (bicyclic) bond motifs is 3. The molecule has 0 saturated heterocycles. The van der Waals surface area contributed by atoms with Gasteiger partial charge in [-0.1, -0.05) is 48.4 Å². The van der Waals surface area contributed by atoms with E-state index in [1.54, 1.807) is 7.05 Å². The lowest BCUT2D eigenvalue weighted by Crippen LogP contribution is -2.40. The molecule has 7 nitrogen and oxygen atoms in total. The quantitative estimate of drug-likeness (QED) is 0.478. The molecule has 4 aromatic rings. The monoisotopic (exact) mass is 449 g/mol. The van der Waals surface area contributed by atoms with E-state index in [0.717, 1.165) is 23.4 Å². The van der Waals surface area contributed by atoms with Crippen LogP contribution in [-0.2, 0) is 20.1 Å². The van der Waals surface area contributed by atoms with Crippen molar-refractivity contribution in [2.24, 2.45) is 13.0 Å². The third-order valence-electron chi connectivity index (χ3n) is 6.04. The Bertz CT molecular complexity index is 1430. The lowest BCUT2D eigenvalue weighted by atomic mass is 10.1. The Hall–Kier alpha value is -3.32. The Balaban J connectivity index is 1.70. The molecule has 0 radical (unpaired) electrons. The number of halogens is 1. The normalized spacial score (nSPS) is 15.9. The summed E-state index contributed by atoms with van der Waals surface area (Å²) in [7, 11) is 1.67. The first-order chi connectivity index (χ1) is 15.3. The van der Waals surface area contributed by atoms with E-state index in [0.29, 0.717) is 28.7 Å². The van der Waals surface area contributed by atoms with Gasteiger partial charge in [-0.25, -0.2) is 4.79 Å². The Morgan fingerprint density at radius 3 is 2.41 bits per heavy atom. The van der Waals surface area contributed by atoms with E-state index in [1.165, 1.54) is 9.13 Å². The van der Waals surface area contributed by atoms with Crippen molar-refractivity contribution >= 4 is 34.4 Å². The molecule has 0 saturated carbocycles. The molecule has 0 bridgehead atoms. The maximum absolute atomic E-state index is 13.6. The maximum atomic E-state index is 13.6. The van der Waals surface area contributed by atoms with Gasteiger partial charge >= 0.3 is 5.69 Å². The molecule has 5 rings (SSSR count). The zero-order valence-corrected chi connectivity index (χ0v) is 19.0. The average molecular weight is 450 g/mol. The van der Waals surface area contributed by atoms with Gasteiger partial charge in [0.1, 0.15) is 0 Å². The molecule has 0 unspecified atom stereocenters. The zero-order valence-electron chi connectivity index (χ0n) is 18.2. The highest BCUT2D eigenvalue weighted by atomic mass is 35.5. The van der Waals surface area contributed by atoms with Crippen molar-refractivity contribution in [2.75, 3.05) is 11.4 Å². The number of rotatable bonds is 3. The molecule has 164 valence electrons. The number of nitrogens with zero attached hydrogens (tertiary/aromatic N) is 5. The Kier molecular flexibility index (Phi) is 4.93. The van der Waals surface area contributed by atoms with Crippen molar-refractivity contribution < 1.29 is 0 Å². The Morgan fingerprint density at radius 1 is 1.03 bits per heavy atom. The van der Waals surface area contributed by atoms with Crippen LogP contribution in [0.15, 0.2) is 58.1 Å². The fourth-order valence-corrected chi connectivity index (χ4v) is 4.49. The van der Waals surface area contributed by atoms with Gasteiger partial charge in [0.05, 0.1) is 6.54 Å². The fraction of sp³-hybridized carbons (Fsp3) is 0.292. The molecule has 0 N–H and O–H groups in total. The molecular weight excluding hydrogens is 426 g/mol. The number of hydrogen-bond acceptors (Lipinski definition) is 4. The summed E-state index contributed by atoms with van der Waals surface area (Å²) in [6, 6.07) is 15.4. The minimum absolute atomic E-state index is 0.221. The standard InChI is InChI=1S/C24H24ClN5O2/c1-15-4-6-17(7-5-15)14-30-22(31)20-21(27(3)24(30)32)26-23-28(12-16(2)13-29(20)23)19-10-8-18(25)9-11-19/h4-11,16H,12-14H2,1-3H3/t16-/m0/s1. The van der Waals surface area contributed by atoms with Crippen molar-refractivity contribution in [2.45, 2.75) is 26.9 Å². The molecular formula is C24H24ClN5O2. The minimum Gasteiger partial charge on any atom is -0.312 e. The van der Waals surface area contributed by atoms with E-state index in [-0.39, 0.29) is 23.7 Å². The summed E-state index contributed by atoms with van der Waals surface area (Å²) in [6.45, 7) is 5.79. The van der Waals surface area contributed by atoms with Gasteiger partial charge in [0.25, 0.3) is 5.56 Å². The lowest BCUT2D eigenvalue weighted by Gasteiger charge is -2.33. The van der Waals surface area contributed by atoms with Crippen LogP contribution >= 0.6 is 11.6 Å². The van der Waals surface area contributed by atoms with Crippen LogP contribution in [0.25, 0.3) is 11.2 Å². The molecule has 0 fully saturated rings. The molecule has 32 heavy (non-hydrogen) atoms. The Labute approximate surface area is 190 Å². The van der Waals surface area contributed by atoms with E-state index in [4.69, 9.17) is 16.6 Å². The SMILES string of the molecule is Cc1ccc(Cn2c(=O)c3c(nc4n3C[C@@H](C)CN4c3ccc(Cl)cc3)n(C)c2=O)cc1. The van der Waals surface area contributed by atoms with Crippen molar-refractivity contribution in [1.82, 2.24) is 18.7 Å². The smallest absolute Gasteiger partial charge is 0.312 e. The first-order valence-electron chi connectivity index (χ1n) is 10.6. The molecule has 2 aromatic carbocycles. The number of aromatic nitrogens is 4. The van der Waals surface area contributed by atoms with Crippen molar-refractivity contribution in [1.29, 1.82) is 0 Å². The second-order valence-electron chi connectivity index (χ2n) is 8.61. The highest BCUT2D eigenvalue weighted by Crippen LogP contribution is 2.33. The third kappa shape index (κ3) is 3.33. The highest BCUT2D eigenvalue weighted by molar-refractivity contribution is 6.30. The Morgan fingerprint density at radius 2 is 1.72 bits per heavy atom. The van der Waals surface area contributed by atoms with Crippen molar-refractivity contribution in [3.8, 4) is 0 Å². The van der Waals surface area contributed by atoms with Crippen molar-refractivity contribution in [3.63, 3.8) is 0 Å². The topological polar surface area (TPSA) is 65.1 Å². The summed E-state index contributed by atoms with van der Waals surface area (Å²) in [5.41, 5.74) is 3.16. The van der Waals surface area contributed by atoms with Crippen LogP contribution in [-0.4, -0.2) is 25.2 Å². The van der Waals surface area contributed by atoms with Crippen LogP contribution in [0.2, 0.25) is 5.02 Å². The van der Waals surface area contributed by atoms with Crippen LogP contribution in [0.5, 0.6) is 0 Å². The van der Waals surface area contributed by atoms with E-state index >= 15 is 0 Å². The molecule has 0 spiro atoms. The van der Waals surface area contributed by atoms with E-state index in [9.17, 15) is 9.59 Å². The van der Waals surface area contributed by atoms with Crippen LogP contribution < -0.4 is 16.1 Å². The van der Waals surface area contributed by atoms with Crippen LogP contribution in [0.1, 0.15) is 18.1 Å². The molecule has 0 aliphatic carbocycles. The van der Waals surface area contributed by atoms with E-state index < -0.39 is 0 Å². The maximum Gasteiger partial charge on any atom is 0.332 e. The largest absolute Gasteiger partial charge is 0.332 e. The zero-order chi connectivity index (χ0) is 22.6. The van der Waals surface area contributed by atoms with Crippen LogP contribution in [0, 0.1) is 12.8 Å². The highest BCUT2D eigenvalue weighted by Gasteiger charge is 2.29. The van der Waals surface area contributed by atoms with Gasteiger partial charge in [-0.15, -0.1) is 0 Å². The summed E-state index contributed by atoms with van der Waals surface area (Å²) in [6.07, 6.45) is 0. The molecule has 2 aromatic heterocycles. The van der Waals surface area contributed by atoms with E-state index in [2.05, 4.69) is 11.8 Å². The lowest BCUT2D eigenvalue weighted by molar-refractivity contribution is 0.458. The predicted octanol–water partition coefficient (Wildman–Crippen LogP) is 3.69. The second-order valence-corrected chi connectivity index (χ2v) is 9.04. The molecule has 1 aliphatic rings. The van der Waals surface area contributed by atoms with Crippen LogP contribution in [0.4, 0.5) is 11.6 Å². The molecule has 3 heterocycles. The third-order valence-corrected chi connectivity index (χ3v) is 6.29. The van der Waals surface area contributed by atoms with Gasteiger partial charge < -0.3 is 9.47 Å². The number of anilines is 2. The molecule has 1 aliphatic heterocycles. The number of imidazole rings is 1. The molecule has 1 atom stereocenters. The van der Waals surface area contributed by atoms with Gasteiger partial charge in [0.2, 0.25) is 5.95 Å². The first kappa shape index (κ1) is 20.6. The number of hydrogen-bond donors (Lipinski definition) is 0. The minimum atomic E-state index is -0.371. The van der Waals surface area contributed by atoms with Gasteiger partial charge in [0.15, 0.2) is 11.2 Å². The fourth-order valence-electron chi connectivity index (χ4n) is 4.36. The number of benzene rings is 2. The second kappa shape index (κ2) is 7.67. The van der Waals surface area contributed by atoms with Gasteiger partial charge in [0, 0.05) is 30.8 Å². The molecule has 8 heteroatoms. The summed E-state index contributed by atoms with van der Waals surface area (Å²) >= 11 is 6.07. The summed E-state index contributed by atoms with van der Waals surface area (Å²) in [5, 5.41) is 0.661. The predicted molar refractivity (Wildman–Crippen MR) is 127 cm³/mol. The summed E-state index contributed by atoms with van der Waals surface area (Å²) in [4.78, 5) is 33.5.